The van der Waals surface area contributed by atoms with Gasteiger partial charge in [-0.3, -0.25) is 0 Å². The summed E-state index contributed by atoms with van der Waals surface area (Å²) in [5.74, 6) is 1.17. The topological polar surface area (TPSA) is 113 Å². The molecule has 2 heterocycles. The highest BCUT2D eigenvalue weighted by atomic mass is 15.1. The number of nitrogens with two attached hydrogens (primary N) is 1. The molecule has 0 radical (unpaired) electrons. The molecule has 0 amide bonds. The van der Waals surface area contributed by atoms with Crippen molar-refractivity contribution in [3.05, 3.63) is 18.0 Å². The van der Waals surface area contributed by atoms with Crippen LogP contribution in [-0.4, -0.2) is 32.6 Å². The standard InChI is InChI=1S/C16H21N7/c1-16(2,3)23-14-13-9(4-12(7-17)20-14)8-19-15(22-13)21-11-5-10(18)6-11/h4,8,10-11H,5-6,18H2,1-3H3,(H,20,23)(H,19,21,22). The number of hydrogen-bond acceptors (Lipinski definition) is 7. The summed E-state index contributed by atoms with van der Waals surface area (Å²) in [6.07, 6.45) is 3.58. The number of pyridine rings is 1. The second kappa shape index (κ2) is 5.63. The van der Waals surface area contributed by atoms with Crippen LogP contribution in [0.1, 0.15) is 39.3 Å². The fourth-order valence-electron chi connectivity index (χ4n) is 2.57. The lowest BCUT2D eigenvalue weighted by Crippen LogP contribution is -2.44. The van der Waals surface area contributed by atoms with E-state index in [9.17, 15) is 0 Å². The number of nitrogens with one attached hydrogen (secondary N) is 2. The Kier molecular flexibility index (Phi) is 3.78. The Morgan fingerprint density at radius 2 is 2.04 bits per heavy atom. The number of nitriles is 1. The number of anilines is 2. The van der Waals surface area contributed by atoms with Gasteiger partial charge in [-0.25, -0.2) is 15.0 Å². The fourth-order valence-corrected chi connectivity index (χ4v) is 2.57. The number of rotatable bonds is 3. The van der Waals surface area contributed by atoms with Crippen molar-refractivity contribution in [2.75, 3.05) is 10.6 Å². The molecular formula is C16H21N7. The predicted molar refractivity (Wildman–Crippen MR) is 90.0 cm³/mol. The molecule has 7 heteroatoms. The van der Waals surface area contributed by atoms with E-state index in [2.05, 4.69) is 31.7 Å². The molecule has 0 aliphatic heterocycles. The largest absolute Gasteiger partial charge is 0.364 e. The van der Waals surface area contributed by atoms with Gasteiger partial charge in [0, 0.05) is 29.2 Å². The normalized spacial score (nSPS) is 20.7. The monoisotopic (exact) mass is 311 g/mol. The predicted octanol–water partition coefficient (Wildman–Crippen LogP) is 2.01. The fraction of sp³-hybridized carbons (Fsp3) is 0.500. The van der Waals surface area contributed by atoms with Gasteiger partial charge in [0.25, 0.3) is 0 Å². The van der Waals surface area contributed by atoms with Crippen LogP contribution in [0.4, 0.5) is 11.8 Å². The third kappa shape index (κ3) is 3.48. The van der Waals surface area contributed by atoms with Gasteiger partial charge in [0.2, 0.25) is 5.95 Å². The van der Waals surface area contributed by atoms with Crippen molar-refractivity contribution in [3.8, 4) is 6.07 Å². The van der Waals surface area contributed by atoms with E-state index in [1.807, 2.05) is 20.8 Å². The van der Waals surface area contributed by atoms with Crippen LogP contribution < -0.4 is 16.4 Å². The molecule has 0 saturated heterocycles. The first-order valence-corrected chi connectivity index (χ1v) is 7.72. The molecule has 2 aromatic rings. The lowest BCUT2D eigenvalue weighted by Gasteiger charge is -2.32. The maximum absolute atomic E-state index is 9.15. The molecule has 1 fully saturated rings. The van der Waals surface area contributed by atoms with Crippen molar-refractivity contribution in [2.45, 2.75) is 51.2 Å². The minimum absolute atomic E-state index is 0.187. The molecule has 1 aliphatic rings. The summed E-state index contributed by atoms with van der Waals surface area (Å²) in [5, 5.41) is 16.6. The van der Waals surface area contributed by atoms with Crippen molar-refractivity contribution in [1.82, 2.24) is 15.0 Å². The zero-order valence-electron chi connectivity index (χ0n) is 13.6. The first kappa shape index (κ1) is 15.4. The van der Waals surface area contributed by atoms with Gasteiger partial charge in [0.05, 0.1) is 0 Å². The minimum Gasteiger partial charge on any atom is -0.364 e. The summed E-state index contributed by atoms with van der Waals surface area (Å²) in [7, 11) is 0. The van der Waals surface area contributed by atoms with E-state index in [0.717, 1.165) is 18.2 Å². The molecule has 23 heavy (non-hydrogen) atoms. The van der Waals surface area contributed by atoms with E-state index in [4.69, 9.17) is 11.0 Å². The average Bonchev–Trinajstić information content (AvgIpc) is 2.44. The second-order valence-electron chi connectivity index (χ2n) is 7.05. The van der Waals surface area contributed by atoms with E-state index >= 15 is 0 Å². The smallest absolute Gasteiger partial charge is 0.223 e. The maximum atomic E-state index is 9.15. The average molecular weight is 311 g/mol. The highest BCUT2D eigenvalue weighted by molar-refractivity contribution is 5.89. The number of nitrogens with zero attached hydrogens (tertiary/aromatic N) is 4. The first-order chi connectivity index (χ1) is 10.8. The molecule has 3 rings (SSSR count). The Morgan fingerprint density at radius 1 is 1.30 bits per heavy atom. The molecular weight excluding hydrogens is 290 g/mol. The highest BCUT2D eigenvalue weighted by Crippen LogP contribution is 2.26. The van der Waals surface area contributed by atoms with Gasteiger partial charge < -0.3 is 16.4 Å². The van der Waals surface area contributed by atoms with Crippen molar-refractivity contribution in [2.24, 2.45) is 5.73 Å². The third-order valence-electron chi connectivity index (χ3n) is 3.68. The third-order valence-corrected chi connectivity index (χ3v) is 3.68. The van der Waals surface area contributed by atoms with E-state index in [1.165, 1.54) is 0 Å². The molecule has 1 saturated carbocycles. The molecule has 2 aromatic heterocycles. The molecule has 120 valence electrons. The summed E-state index contributed by atoms with van der Waals surface area (Å²) in [4.78, 5) is 13.3. The Balaban J connectivity index is 1.98. The van der Waals surface area contributed by atoms with E-state index in [0.29, 0.717) is 29.0 Å². The summed E-state index contributed by atoms with van der Waals surface area (Å²) >= 11 is 0. The molecule has 7 nitrogen and oxygen atoms in total. The SMILES string of the molecule is CC(C)(C)Nc1nc(C#N)cc2cnc(NC3CC(N)C3)nc12. The van der Waals surface area contributed by atoms with Crippen molar-refractivity contribution in [3.63, 3.8) is 0 Å². The van der Waals surface area contributed by atoms with Gasteiger partial charge >= 0.3 is 0 Å². The Morgan fingerprint density at radius 3 is 2.65 bits per heavy atom. The molecule has 0 unspecified atom stereocenters. The number of aromatic nitrogens is 3. The molecule has 0 atom stereocenters. The van der Waals surface area contributed by atoms with Gasteiger partial charge in [-0.05, 0) is 39.7 Å². The van der Waals surface area contributed by atoms with Gasteiger partial charge in [-0.1, -0.05) is 0 Å². The first-order valence-electron chi connectivity index (χ1n) is 7.72. The molecule has 0 bridgehead atoms. The minimum atomic E-state index is -0.187. The van der Waals surface area contributed by atoms with Crippen LogP contribution in [0.3, 0.4) is 0 Å². The zero-order chi connectivity index (χ0) is 16.6. The summed E-state index contributed by atoms with van der Waals surface area (Å²) in [5.41, 5.74) is 6.67. The van der Waals surface area contributed by atoms with Gasteiger partial charge in [-0.15, -0.1) is 0 Å². The van der Waals surface area contributed by atoms with Crippen molar-refractivity contribution >= 4 is 22.7 Å². The van der Waals surface area contributed by atoms with Crippen LogP contribution in [-0.2, 0) is 0 Å². The van der Waals surface area contributed by atoms with E-state index in [-0.39, 0.29) is 11.6 Å². The summed E-state index contributed by atoms with van der Waals surface area (Å²) < 4.78 is 0. The summed E-state index contributed by atoms with van der Waals surface area (Å²) in [6, 6.07) is 4.38. The van der Waals surface area contributed by atoms with Crippen LogP contribution in [0, 0.1) is 11.3 Å². The Bertz CT molecular complexity index is 766. The zero-order valence-corrected chi connectivity index (χ0v) is 13.6. The van der Waals surface area contributed by atoms with Crippen LogP contribution >= 0.6 is 0 Å². The molecule has 1 aliphatic carbocycles. The van der Waals surface area contributed by atoms with Crippen LogP contribution in [0.15, 0.2) is 12.3 Å². The number of hydrogen-bond donors (Lipinski definition) is 3. The summed E-state index contributed by atoms with van der Waals surface area (Å²) in [6.45, 7) is 6.11. The van der Waals surface area contributed by atoms with Crippen molar-refractivity contribution < 1.29 is 0 Å². The lowest BCUT2D eigenvalue weighted by molar-refractivity contribution is 0.372. The molecule has 0 aromatic carbocycles. The van der Waals surface area contributed by atoms with E-state index < -0.39 is 0 Å². The van der Waals surface area contributed by atoms with Gasteiger partial charge in [0.15, 0.2) is 5.82 Å². The highest BCUT2D eigenvalue weighted by Gasteiger charge is 2.26. The Hall–Kier alpha value is -2.46. The molecule has 4 N–H and O–H groups in total. The maximum Gasteiger partial charge on any atom is 0.223 e. The number of fused-ring (bicyclic) bond motifs is 1. The second-order valence-corrected chi connectivity index (χ2v) is 7.05. The van der Waals surface area contributed by atoms with Crippen LogP contribution in [0.5, 0.6) is 0 Å². The van der Waals surface area contributed by atoms with Crippen molar-refractivity contribution in [1.29, 1.82) is 5.26 Å². The van der Waals surface area contributed by atoms with Crippen LogP contribution in [0.25, 0.3) is 10.9 Å². The Labute approximate surface area is 135 Å². The van der Waals surface area contributed by atoms with Gasteiger partial charge in [-0.2, -0.15) is 5.26 Å². The quantitative estimate of drug-likeness (QED) is 0.794. The van der Waals surface area contributed by atoms with E-state index in [1.54, 1.807) is 12.3 Å². The van der Waals surface area contributed by atoms with Gasteiger partial charge in [0.1, 0.15) is 17.3 Å². The lowest BCUT2D eigenvalue weighted by atomic mass is 9.88. The molecule has 0 spiro atoms. The van der Waals surface area contributed by atoms with Crippen LogP contribution in [0.2, 0.25) is 0 Å².